The van der Waals surface area contributed by atoms with E-state index in [1.807, 2.05) is 0 Å². The second-order valence-electron chi connectivity index (χ2n) is 7.36. The first kappa shape index (κ1) is 29.4. The van der Waals surface area contributed by atoms with Crippen LogP contribution in [0.4, 0.5) is 0 Å². The summed E-state index contributed by atoms with van der Waals surface area (Å²) in [5, 5.41) is 16.2. The van der Waals surface area contributed by atoms with E-state index in [2.05, 4.69) is 25.9 Å². The maximum Gasteiger partial charge on any atom is 0.325 e. The Bertz CT molecular complexity index is 734. The molecule has 0 aromatic rings. The fourth-order valence-corrected chi connectivity index (χ4v) is 2.48. The summed E-state index contributed by atoms with van der Waals surface area (Å²) in [6.07, 6.45) is 1.24. The van der Waals surface area contributed by atoms with Crippen LogP contribution < -0.4 is 44.6 Å². The number of carboxylic acids is 1. The van der Waals surface area contributed by atoms with E-state index in [4.69, 9.17) is 33.8 Å². The van der Waals surface area contributed by atoms with E-state index in [0.29, 0.717) is 19.4 Å². The minimum atomic E-state index is -1.22. The zero-order valence-corrected chi connectivity index (χ0v) is 18.9. The molecule has 0 aromatic heterocycles. The quantitative estimate of drug-likeness (QED) is 0.0632. The molecule has 0 spiro atoms. The van der Waals surface area contributed by atoms with Crippen LogP contribution in [0.15, 0.2) is 9.98 Å². The van der Waals surface area contributed by atoms with Crippen LogP contribution in [-0.4, -0.2) is 78.0 Å². The third-order valence-corrected chi connectivity index (χ3v) is 4.36. The van der Waals surface area contributed by atoms with Crippen molar-refractivity contribution in [3.63, 3.8) is 0 Å². The number of guanidine groups is 2. The molecule has 0 radical (unpaired) electrons. The van der Waals surface area contributed by atoms with E-state index >= 15 is 0 Å². The molecule has 0 saturated heterocycles. The molecule has 188 valence electrons. The number of rotatable bonds is 15. The van der Waals surface area contributed by atoms with Gasteiger partial charge in [0.1, 0.15) is 18.1 Å². The SMILES string of the molecule is C[C@H](NC(=O)[C@H](C)NC(=O)[C@H](CCCN=C(N)N)NC(=O)[C@@H](N)CCCN=C(N)N)C(=O)O. The Labute approximate surface area is 192 Å². The van der Waals surface area contributed by atoms with E-state index in [-0.39, 0.29) is 31.3 Å². The van der Waals surface area contributed by atoms with Gasteiger partial charge in [-0.25, -0.2) is 0 Å². The van der Waals surface area contributed by atoms with Crippen molar-refractivity contribution in [3.8, 4) is 0 Å². The molecule has 0 rings (SSSR count). The number of carboxylic acid groups (broad SMARTS) is 1. The highest BCUT2D eigenvalue weighted by Gasteiger charge is 2.27. The summed E-state index contributed by atoms with van der Waals surface area (Å²) in [5.41, 5.74) is 26.9. The van der Waals surface area contributed by atoms with Gasteiger partial charge in [0.05, 0.1) is 6.04 Å². The van der Waals surface area contributed by atoms with Crippen molar-refractivity contribution in [1.29, 1.82) is 0 Å². The fraction of sp³-hybridized carbons (Fsp3) is 0.667. The Hall–Kier alpha value is -3.62. The van der Waals surface area contributed by atoms with E-state index in [1.165, 1.54) is 13.8 Å². The van der Waals surface area contributed by atoms with Crippen LogP contribution in [0.25, 0.3) is 0 Å². The molecular formula is C18H36N10O5. The number of aliphatic imine (C=N–C) groups is 2. The van der Waals surface area contributed by atoms with Gasteiger partial charge in [0.2, 0.25) is 17.7 Å². The molecule has 3 amide bonds. The third-order valence-electron chi connectivity index (χ3n) is 4.36. The first-order valence-corrected chi connectivity index (χ1v) is 10.3. The normalized spacial score (nSPS) is 14.0. The van der Waals surface area contributed by atoms with Crippen molar-refractivity contribution < 1.29 is 24.3 Å². The minimum Gasteiger partial charge on any atom is -0.480 e. The molecule has 15 heteroatoms. The summed E-state index contributed by atoms with van der Waals surface area (Å²) in [4.78, 5) is 55.8. The first-order chi connectivity index (χ1) is 15.3. The van der Waals surface area contributed by atoms with Crippen LogP contribution in [0.3, 0.4) is 0 Å². The lowest BCUT2D eigenvalue weighted by Gasteiger charge is -2.23. The Morgan fingerprint density at radius 2 is 1.24 bits per heavy atom. The summed E-state index contributed by atoms with van der Waals surface area (Å²) in [7, 11) is 0. The predicted molar refractivity (Wildman–Crippen MR) is 123 cm³/mol. The Balaban J connectivity index is 5.04. The monoisotopic (exact) mass is 472 g/mol. The summed E-state index contributed by atoms with van der Waals surface area (Å²) in [5.74, 6) is -3.31. The minimum absolute atomic E-state index is 0.0681. The highest BCUT2D eigenvalue weighted by molar-refractivity contribution is 5.93. The lowest BCUT2D eigenvalue weighted by molar-refractivity contribution is -0.141. The zero-order valence-electron chi connectivity index (χ0n) is 18.9. The van der Waals surface area contributed by atoms with Crippen molar-refractivity contribution in [2.24, 2.45) is 38.7 Å². The van der Waals surface area contributed by atoms with Crippen molar-refractivity contribution in [2.45, 2.75) is 63.7 Å². The molecule has 0 aromatic carbocycles. The van der Waals surface area contributed by atoms with Crippen molar-refractivity contribution in [2.75, 3.05) is 13.1 Å². The van der Waals surface area contributed by atoms with Gasteiger partial charge in [0, 0.05) is 13.1 Å². The van der Waals surface area contributed by atoms with Gasteiger partial charge in [-0.3, -0.25) is 29.2 Å². The van der Waals surface area contributed by atoms with E-state index < -0.39 is 47.9 Å². The number of hydrogen-bond acceptors (Lipinski definition) is 7. The summed E-state index contributed by atoms with van der Waals surface area (Å²) in [6.45, 7) is 3.19. The van der Waals surface area contributed by atoms with Crippen LogP contribution >= 0.6 is 0 Å². The van der Waals surface area contributed by atoms with Crippen molar-refractivity contribution >= 4 is 35.6 Å². The van der Waals surface area contributed by atoms with Gasteiger partial charge < -0.3 is 49.7 Å². The second-order valence-corrected chi connectivity index (χ2v) is 7.36. The summed E-state index contributed by atoms with van der Waals surface area (Å²) < 4.78 is 0. The maximum atomic E-state index is 12.7. The molecule has 14 N–H and O–H groups in total. The predicted octanol–water partition coefficient (Wildman–Crippen LogP) is -4.00. The van der Waals surface area contributed by atoms with Gasteiger partial charge in [0.15, 0.2) is 11.9 Å². The molecule has 15 nitrogen and oxygen atoms in total. The van der Waals surface area contributed by atoms with Gasteiger partial charge in [-0.15, -0.1) is 0 Å². The topological polar surface area (TPSA) is 279 Å². The Morgan fingerprint density at radius 1 is 0.758 bits per heavy atom. The van der Waals surface area contributed by atoms with Crippen LogP contribution in [0, 0.1) is 0 Å². The highest BCUT2D eigenvalue weighted by Crippen LogP contribution is 2.03. The fourth-order valence-electron chi connectivity index (χ4n) is 2.48. The van der Waals surface area contributed by atoms with Crippen LogP contribution in [-0.2, 0) is 19.2 Å². The third kappa shape index (κ3) is 13.4. The number of carbonyl (C=O) groups excluding carboxylic acids is 3. The average molecular weight is 473 g/mol. The van der Waals surface area contributed by atoms with Crippen LogP contribution in [0.5, 0.6) is 0 Å². The molecule has 0 aliphatic heterocycles. The molecular weight excluding hydrogens is 436 g/mol. The molecule has 0 aliphatic carbocycles. The van der Waals surface area contributed by atoms with Gasteiger partial charge >= 0.3 is 5.97 Å². The largest absolute Gasteiger partial charge is 0.480 e. The number of carbonyl (C=O) groups is 4. The summed E-state index contributed by atoms with van der Waals surface area (Å²) in [6, 6.07) is -4.12. The van der Waals surface area contributed by atoms with Gasteiger partial charge in [-0.05, 0) is 39.5 Å². The lowest BCUT2D eigenvalue weighted by atomic mass is 10.1. The molecule has 0 fully saturated rings. The smallest absolute Gasteiger partial charge is 0.325 e. The number of nitrogens with one attached hydrogen (secondary N) is 3. The van der Waals surface area contributed by atoms with Crippen LogP contribution in [0.2, 0.25) is 0 Å². The van der Waals surface area contributed by atoms with E-state index in [1.54, 1.807) is 0 Å². The van der Waals surface area contributed by atoms with Gasteiger partial charge in [-0.2, -0.15) is 0 Å². The second kappa shape index (κ2) is 15.2. The number of nitrogens with zero attached hydrogens (tertiary/aromatic N) is 2. The Kier molecular flexibility index (Phi) is 13.6. The van der Waals surface area contributed by atoms with Crippen molar-refractivity contribution in [3.05, 3.63) is 0 Å². The standard InChI is InChI=1S/C18H36N10O5/c1-9(13(29)27-10(2)16(32)33)26-15(31)12(6-4-8-25-18(22)23)28-14(30)11(19)5-3-7-24-17(20)21/h9-12H,3-8,19H2,1-2H3,(H,26,31)(H,27,29)(H,28,30)(H,32,33)(H4,20,21,24)(H4,22,23,25)/t9-,10-,11-,12-/m0/s1. The number of hydrogen-bond donors (Lipinski definition) is 9. The zero-order chi connectivity index (χ0) is 25.6. The molecule has 33 heavy (non-hydrogen) atoms. The van der Waals surface area contributed by atoms with Gasteiger partial charge in [0.25, 0.3) is 0 Å². The number of aliphatic carboxylic acids is 1. The number of amides is 3. The van der Waals surface area contributed by atoms with Gasteiger partial charge in [-0.1, -0.05) is 0 Å². The van der Waals surface area contributed by atoms with E-state index in [0.717, 1.165) is 0 Å². The molecule has 0 aliphatic rings. The van der Waals surface area contributed by atoms with Crippen LogP contribution in [0.1, 0.15) is 39.5 Å². The highest BCUT2D eigenvalue weighted by atomic mass is 16.4. The first-order valence-electron chi connectivity index (χ1n) is 10.3. The molecule has 0 saturated carbocycles. The Morgan fingerprint density at radius 3 is 1.73 bits per heavy atom. The lowest BCUT2D eigenvalue weighted by Crippen LogP contribution is -2.56. The molecule has 4 atom stereocenters. The molecule has 0 unspecified atom stereocenters. The maximum absolute atomic E-state index is 12.7. The molecule has 0 bridgehead atoms. The molecule has 0 heterocycles. The van der Waals surface area contributed by atoms with E-state index in [9.17, 15) is 19.2 Å². The van der Waals surface area contributed by atoms with Crippen molar-refractivity contribution in [1.82, 2.24) is 16.0 Å². The average Bonchev–Trinajstić information content (AvgIpc) is 2.72. The summed E-state index contributed by atoms with van der Waals surface area (Å²) >= 11 is 0. The number of nitrogens with two attached hydrogens (primary N) is 5.